The Morgan fingerprint density at radius 2 is 1.80 bits per heavy atom. The summed E-state index contributed by atoms with van der Waals surface area (Å²) in [6.07, 6.45) is 10.9. The van der Waals surface area contributed by atoms with Gasteiger partial charge in [0.25, 0.3) is 0 Å². The highest BCUT2D eigenvalue weighted by Crippen LogP contribution is 2.28. The molecule has 1 fully saturated rings. The van der Waals surface area contributed by atoms with Crippen molar-refractivity contribution >= 4 is 10.0 Å². The lowest BCUT2D eigenvalue weighted by Gasteiger charge is -2.28. The number of hydrogen-bond donors (Lipinski definition) is 1. The van der Waals surface area contributed by atoms with E-state index in [1.165, 1.54) is 48.9 Å². The van der Waals surface area contributed by atoms with Crippen molar-refractivity contribution in [3.63, 3.8) is 0 Å². The molecular weight excluding hydrogens is 394 g/mol. The molecule has 0 spiro atoms. The van der Waals surface area contributed by atoms with Gasteiger partial charge in [0.15, 0.2) is 0 Å². The molecule has 5 nitrogen and oxygen atoms in total. The maximum Gasteiger partial charge on any atom is 0.212 e. The quantitative estimate of drug-likeness (QED) is 0.683. The molecule has 6 heteroatoms. The molecule has 0 bridgehead atoms. The molecular formula is C24H35N3O2S. The summed E-state index contributed by atoms with van der Waals surface area (Å²) < 4.78 is 30.6. The number of nitrogens with one attached hydrogen (secondary N) is 1. The largest absolute Gasteiger partial charge is 0.265 e. The Morgan fingerprint density at radius 3 is 2.57 bits per heavy atom. The van der Waals surface area contributed by atoms with Crippen LogP contribution >= 0.6 is 0 Å². The number of aromatic nitrogens is 2. The van der Waals surface area contributed by atoms with Gasteiger partial charge in [-0.2, -0.15) is 5.10 Å². The molecule has 164 valence electrons. The fourth-order valence-electron chi connectivity index (χ4n) is 5.14. The summed E-state index contributed by atoms with van der Waals surface area (Å²) >= 11 is 0. The van der Waals surface area contributed by atoms with Crippen LogP contribution in [0, 0.1) is 5.92 Å². The van der Waals surface area contributed by atoms with E-state index in [-0.39, 0.29) is 11.8 Å². The second-order valence-electron chi connectivity index (χ2n) is 9.10. The van der Waals surface area contributed by atoms with E-state index in [0.29, 0.717) is 12.3 Å². The molecule has 1 aromatic carbocycles. The Hall–Kier alpha value is -1.66. The zero-order valence-electron chi connectivity index (χ0n) is 18.1. The van der Waals surface area contributed by atoms with E-state index < -0.39 is 10.0 Å². The minimum atomic E-state index is -3.30. The lowest BCUT2D eigenvalue weighted by Crippen LogP contribution is -2.40. The van der Waals surface area contributed by atoms with Crippen LogP contribution in [0.25, 0.3) is 0 Å². The van der Waals surface area contributed by atoms with Crippen LogP contribution in [0.1, 0.15) is 74.4 Å². The normalized spacial score (nSPS) is 18.8. The third-order valence-corrected chi connectivity index (χ3v) is 8.32. The Morgan fingerprint density at radius 1 is 1.07 bits per heavy atom. The smallest absolute Gasteiger partial charge is 0.212 e. The predicted molar refractivity (Wildman–Crippen MR) is 121 cm³/mol. The first-order valence-corrected chi connectivity index (χ1v) is 13.3. The summed E-state index contributed by atoms with van der Waals surface area (Å²) in [5.41, 5.74) is 4.82. The van der Waals surface area contributed by atoms with Crippen LogP contribution in [0.3, 0.4) is 0 Å². The highest BCUT2D eigenvalue weighted by Gasteiger charge is 2.26. The zero-order chi connectivity index (χ0) is 21.0. The van der Waals surface area contributed by atoms with Crippen LogP contribution < -0.4 is 4.72 Å². The molecule has 30 heavy (non-hydrogen) atoms. The molecule has 1 saturated carbocycles. The van der Waals surface area contributed by atoms with E-state index in [0.717, 1.165) is 37.9 Å². The van der Waals surface area contributed by atoms with E-state index in [2.05, 4.69) is 33.7 Å². The Labute approximate surface area is 181 Å². The van der Waals surface area contributed by atoms with Crippen LogP contribution in [-0.4, -0.2) is 30.0 Å². The first-order chi connectivity index (χ1) is 14.5. The Bertz CT molecular complexity index is 931. The molecule has 4 rings (SSSR count). The van der Waals surface area contributed by atoms with Crippen LogP contribution in [-0.2, 0) is 35.8 Å². The minimum absolute atomic E-state index is 0.0276. The molecule has 1 atom stereocenters. The van der Waals surface area contributed by atoms with Gasteiger partial charge >= 0.3 is 0 Å². The number of rotatable bonds is 8. The number of sulfonamides is 1. The van der Waals surface area contributed by atoms with Crippen molar-refractivity contribution in [3.8, 4) is 0 Å². The summed E-state index contributed by atoms with van der Waals surface area (Å²) in [4.78, 5) is 0. The molecule has 0 unspecified atom stereocenters. The van der Waals surface area contributed by atoms with Gasteiger partial charge in [-0.15, -0.1) is 0 Å². The molecule has 1 heterocycles. The molecule has 0 radical (unpaired) electrons. The molecule has 1 aromatic heterocycles. The van der Waals surface area contributed by atoms with Gasteiger partial charge in [0.1, 0.15) is 0 Å². The van der Waals surface area contributed by atoms with Crippen molar-refractivity contribution in [3.05, 3.63) is 52.8 Å². The average molecular weight is 430 g/mol. The maximum absolute atomic E-state index is 12.8. The van der Waals surface area contributed by atoms with Crippen molar-refractivity contribution in [1.82, 2.24) is 14.5 Å². The minimum Gasteiger partial charge on any atom is -0.265 e. The molecule has 0 saturated heterocycles. The number of benzene rings is 1. The second kappa shape index (κ2) is 9.65. The molecule has 0 aliphatic heterocycles. The van der Waals surface area contributed by atoms with Gasteiger partial charge in [-0.1, -0.05) is 49.6 Å². The van der Waals surface area contributed by atoms with Gasteiger partial charge in [0.05, 0.1) is 18.0 Å². The lowest BCUT2D eigenvalue weighted by molar-refractivity contribution is 0.303. The fraction of sp³-hybridized carbons (Fsp3) is 0.625. The zero-order valence-corrected chi connectivity index (χ0v) is 19.0. The van der Waals surface area contributed by atoms with Gasteiger partial charge in [-0.05, 0) is 62.5 Å². The van der Waals surface area contributed by atoms with Gasteiger partial charge in [0.2, 0.25) is 10.0 Å². The van der Waals surface area contributed by atoms with Crippen molar-refractivity contribution in [1.29, 1.82) is 0 Å². The highest BCUT2D eigenvalue weighted by molar-refractivity contribution is 7.89. The summed E-state index contributed by atoms with van der Waals surface area (Å²) in [5, 5.41) is 4.88. The predicted octanol–water partition coefficient (Wildman–Crippen LogP) is 4.24. The second-order valence-corrected chi connectivity index (χ2v) is 11.0. The standard InChI is InChI=1S/C24H35N3O2S/c1-19(21-12-6-3-7-13-21)26-30(28,29)17-16-23-22-14-8-9-15-24(22)27(25-23)18-20-10-4-2-5-11-20/h2,4-5,10-11,19,21,26H,3,6-9,12-18H2,1H3/t19-/m0/s1. The lowest BCUT2D eigenvalue weighted by atomic mass is 9.85. The monoisotopic (exact) mass is 429 g/mol. The highest BCUT2D eigenvalue weighted by atomic mass is 32.2. The Kier molecular flexibility index (Phi) is 6.94. The summed E-state index contributed by atoms with van der Waals surface area (Å²) in [6, 6.07) is 10.4. The van der Waals surface area contributed by atoms with Gasteiger partial charge < -0.3 is 0 Å². The summed E-state index contributed by atoms with van der Waals surface area (Å²) in [7, 11) is -3.30. The van der Waals surface area contributed by atoms with Crippen LogP contribution in [0.2, 0.25) is 0 Å². The Balaban J connectivity index is 1.43. The molecule has 1 N–H and O–H groups in total. The van der Waals surface area contributed by atoms with Crippen molar-refractivity contribution in [2.75, 3.05) is 5.75 Å². The van der Waals surface area contributed by atoms with Gasteiger partial charge in [0, 0.05) is 18.2 Å². The molecule has 2 aliphatic rings. The fourth-order valence-corrected chi connectivity index (χ4v) is 6.48. The first kappa shape index (κ1) is 21.6. The van der Waals surface area contributed by atoms with Crippen molar-refractivity contribution < 1.29 is 8.42 Å². The summed E-state index contributed by atoms with van der Waals surface area (Å²) in [5.74, 6) is 0.602. The third-order valence-electron chi connectivity index (χ3n) is 6.85. The van der Waals surface area contributed by atoms with Crippen LogP contribution in [0.4, 0.5) is 0 Å². The van der Waals surface area contributed by atoms with Crippen LogP contribution in [0.15, 0.2) is 30.3 Å². The number of hydrogen-bond acceptors (Lipinski definition) is 3. The third kappa shape index (κ3) is 5.33. The summed E-state index contributed by atoms with van der Waals surface area (Å²) in [6.45, 7) is 2.79. The maximum atomic E-state index is 12.8. The van der Waals surface area contributed by atoms with Crippen molar-refractivity contribution in [2.24, 2.45) is 5.92 Å². The van der Waals surface area contributed by atoms with E-state index in [9.17, 15) is 8.42 Å². The van der Waals surface area contributed by atoms with E-state index >= 15 is 0 Å². The topological polar surface area (TPSA) is 64.0 Å². The number of nitrogens with zero attached hydrogens (tertiary/aromatic N) is 2. The van der Waals surface area contributed by atoms with E-state index in [1.807, 2.05) is 13.0 Å². The first-order valence-electron chi connectivity index (χ1n) is 11.6. The SMILES string of the molecule is C[C@H](NS(=O)(=O)CCc1nn(Cc2ccccc2)c2c1CCCC2)C1CCCCC1. The number of aryl methyl sites for hydroxylation is 1. The van der Waals surface area contributed by atoms with E-state index in [4.69, 9.17) is 5.10 Å². The molecule has 2 aliphatic carbocycles. The van der Waals surface area contributed by atoms with Crippen molar-refractivity contribution in [2.45, 2.75) is 83.7 Å². The number of fused-ring (bicyclic) bond motifs is 1. The average Bonchev–Trinajstić information content (AvgIpc) is 3.11. The van der Waals surface area contributed by atoms with Gasteiger partial charge in [-0.3, -0.25) is 4.68 Å². The molecule has 0 amide bonds. The van der Waals surface area contributed by atoms with E-state index in [1.54, 1.807) is 0 Å². The van der Waals surface area contributed by atoms with Gasteiger partial charge in [-0.25, -0.2) is 13.1 Å². The molecule has 2 aromatic rings. The van der Waals surface area contributed by atoms with Crippen LogP contribution in [0.5, 0.6) is 0 Å².